The molecule has 1 aromatic carbocycles. The molecule has 1 aromatic rings. The van der Waals surface area contributed by atoms with E-state index in [0.29, 0.717) is 0 Å². The molecule has 4 nitrogen and oxygen atoms in total. The summed E-state index contributed by atoms with van der Waals surface area (Å²) in [5.41, 5.74) is -0.000491. The van der Waals surface area contributed by atoms with Gasteiger partial charge in [0.2, 0.25) is 5.91 Å². The first-order valence-corrected chi connectivity index (χ1v) is 4.87. The second-order valence-electron chi connectivity index (χ2n) is 4.19. The maximum Gasteiger partial charge on any atom is 0.243 e. The molecule has 15 heavy (non-hydrogen) atoms. The Morgan fingerprint density at radius 3 is 2.40 bits per heavy atom. The molecule has 1 heterocycles. The highest BCUT2D eigenvalue weighted by atomic mass is 16.5. The van der Waals surface area contributed by atoms with Gasteiger partial charge in [-0.25, -0.2) is 0 Å². The van der Waals surface area contributed by atoms with Gasteiger partial charge in [0.15, 0.2) is 0 Å². The minimum Gasteiger partial charge on any atom is -0.333 e. The van der Waals surface area contributed by atoms with Crippen LogP contribution in [0.5, 0.6) is 0 Å². The molecule has 1 saturated heterocycles. The van der Waals surface area contributed by atoms with Crippen LogP contribution in [0.2, 0.25) is 0 Å². The van der Waals surface area contributed by atoms with Crippen LogP contribution in [0.15, 0.2) is 30.3 Å². The van der Waals surface area contributed by atoms with Crippen molar-refractivity contribution in [3.8, 4) is 0 Å². The van der Waals surface area contributed by atoms with Gasteiger partial charge in [0.05, 0.1) is 0 Å². The summed E-state index contributed by atoms with van der Waals surface area (Å²) in [6.07, 6.45) is -0.450. The molecule has 1 unspecified atom stereocenters. The van der Waals surface area contributed by atoms with Gasteiger partial charge in [0.1, 0.15) is 11.7 Å². The van der Waals surface area contributed by atoms with E-state index in [2.05, 4.69) is 5.32 Å². The Kier molecular flexibility index (Phi) is 2.25. The van der Waals surface area contributed by atoms with Gasteiger partial charge in [-0.2, -0.15) is 5.06 Å². The minimum absolute atomic E-state index is 0.168. The number of rotatable bonds is 1. The molecule has 1 amide bonds. The average Bonchev–Trinajstić information content (AvgIpc) is 2.44. The maximum atomic E-state index is 11.6. The molecule has 1 fully saturated rings. The van der Waals surface area contributed by atoms with Crippen LogP contribution >= 0.6 is 0 Å². The van der Waals surface area contributed by atoms with Crippen LogP contribution in [-0.2, 0) is 4.79 Å². The zero-order chi connectivity index (χ0) is 11.1. The fraction of sp³-hybridized carbons (Fsp3) is 0.364. The minimum atomic E-state index is -0.874. The summed E-state index contributed by atoms with van der Waals surface area (Å²) in [6, 6.07) is 9.39. The van der Waals surface area contributed by atoms with E-state index in [1.165, 1.54) is 0 Å². The number of hydroxylamine groups is 2. The summed E-state index contributed by atoms with van der Waals surface area (Å²) in [6.45, 7) is 3.37. The number of nitrogens with zero attached hydrogens (tertiary/aromatic N) is 1. The van der Waals surface area contributed by atoms with Crippen molar-refractivity contribution in [2.24, 2.45) is 0 Å². The van der Waals surface area contributed by atoms with Crippen LogP contribution in [0.3, 0.4) is 0 Å². The van der Waals surface area contributed by atoms with E-state index in [9.17, 15) is 10.0 Å². The summed E-state index contributed by atoms with van der Waals surface area (Å²) in [5.74, 6) is -0.168. The third kappa shape index (κ3) is 1.52. The maximum absolute atomic E-state index is 11.6. The molecule has 0 spiro atoms. The predicted octanol–water partition coefficient (Wildman–Crippen LogP) is 1.28. The van der Waals surface area contributed by atoms with Gasteiger partial charge in [-0.15, -0.1) is 0 Å². The lowest BCUT2D eigenvalue weighted by Gasteiger charge is -2.25. The first kappa shape index (κ1) is 10.1. The monoisotopic (exact) mass is 206 g/mol. The average molecular weight is 206 g/mol. The number of amides is 1. The largest absolute Gasteiger partial charge is 0.333 e. The lowest BCUT2D eigenvalue weighted by molar-refractivity contribution is -0.171. The molecule has 4 heteroatoms. The standard InChI is InChI=1S/C11H14N2O2/c1-11(2)10(14)12-9(13(11)15)8-6-4-3-5-7-8/h3-7,9,15H,1-2H3,(H,12,14). The molecule has 1 aliphatic heterocycles. The Balaban J connectivity index is 2.32. The van der Waals surface area contributed by atoms with E-state index in [0.717, 1.165) is 10.6 Å². The van der Waals surface area contributed by atoms with Crippen molar-refractivity contribution in [1.29, 1.82) is 0 Å². The van der Waals surface area contributed by atoms with Crippen molar-refractivity contribution in [1.82, 2.24) is 10.4 Å². The van der Waals surface area contributed by atoms with Crippen molar-refractivity contribution in [3.05, 3.63) is 35.9 Å². The highest BCUT2D eigenvalue weighted by Crippen LogP contribution is 2.30. The van der Waals surface area contributed by atoms with E-state index in [-0.39, 0.29) is 5.91 Å². The Bertz CT molecular complexity index is 375. The quantitative estimate of drug-likeness (QED) is 0.728. The predicted molar refractivity (Wildman–Crippen MR) is 55.0 cm³/mol. The van der Waals surface area contributed by atoms with E-state index < -0.39 is 11.7 Å². The number of carbonyl (C=O) groups is 1. The number of carbonyl (C=O) groups excluding carboxylic acids is 1. The van der Waals surface area contributed by atoms with E-state index in [4.69, 9.17) is 0 Å². The molecule has 80 valence electrons. The van der Waals surface area contributed by atoms with E-state index in [1.54, 1.807) is 13.8 Å². The zero-order valence-corrected chi connectivity index (χ0v) is 8.77. The summed E-state index contributed by atoms with van der Waals surface area (Å²) in [7, 11) is 0. The van der Waals surface area contributed by atoms with Gasteiger partial charge >= 0.3 is 0 Å². The fourth-order valence-electron chi connectivity index (χ4n) is 1.65. The number of hydrogen-bond donors (Lipinski definition) is 2. The Morgan fingerprint density at radius 2 is 1.93 bits per heavy atom. The summed E-state index contributed by atoms with van der Waals surface area (Å²) in [5, 5.41) is 13.7. The molecule has 0 aromatic heterocycles. The molecule has 2 N–H and O–H groups in total. The normalized spacial score (nSPS) is 25.3. The van der Waals surface area contributed by atoms with Crippen LogP contribution in [-0.4, -0.2) is 21.7 Å². The van der Waals surface area contributed by atoms with Gasteiger partial charge < -0.3 is 10.5 Å². The van der Waals surface area contributed by atoms with Gasteiger partial charge in [-0.1, -0.05) is 30.3 Å². The van der Waals surface area contributed by atoms with Gasteiger partial charge in [-0.3, -0.25) is 4.79 Å². The molecule has 1 atom stereocenters. The van der Waals surface area contributed by atoms with Crippen molar-refractivity contribution >= 4 is 5.91 Å². The Hall–Kier alpha value is -1.39. The second-order valence-corrected chi connectivity index (χ2v) is 4.19. The van der Waals surface area contributed by atoms with Gasteiger partial charge in [0.25, 0.3) is 0 Å². The van der Waals surface area contributed by atoms with Crippen molar-refractivity contribution < 1.29 is 10.0 Å². The molecule has 1 aliphatic rings. The lowest BCUT2D eigenvalue weighted by atomic mass is 10.1. The van der Waals surface area contributed by atoms with E-state index >= 15 is 0 Å². The summed E-state index contributed by atoms with van der Waals surface area (Å²) >= 11 is 0. The first-order valence-electron chi connectivity index (χ1n) is 4.87. The third-order valence-electron chi connectivity index (χ3n) is 2.76. The second kappa shape index (κ2) is 3.32. The van der Waals surface area contributed by atoms with Gasteiger partial charge in [-0.05, 0) is 19.4 Å². The van der Waals surface area contributed by atoms with Crippen LogP contribution in [0.25, 0.3) is 0 Å². The number of hydrogen-bond acceptors (Lipinski definition) is 3. The lowest BCUT2D eigenvalue weighted by Crippen LogP contribution is -2.41. The van der Waals surface area contributed by atoms with Crippen molar-refractivity contribution in [2.75, 3.05) is 0 Å². The molecule has 0 radical (unpaired) electrons. The first-order chi connectivity index (χ1) is 7.03. The SMILES string of the molecule is CC1(C)C(=O)NC(c2ccccc2)N1O. The third-order valence-corrected chi connectivity index (χ3v) is 2.76. The van der Waals surface area contributed by atoms with Crippen LogP contribution < -0.4 is 5.32 Å². The van der Waals surface area contributed by atoms with Crippen LogP contribution in [0.4, 0.5) is 0 Å². The molecule has 0 saturated carbocycles. The number of nitrogens with one attached hydrogen (secondary N) is 1. The van der Waals surface area contributed by atoms with Crippen LogP contribution in [0.1, 0.15) is 25.6 Å². The van der Waals surface area contributed by atoms with Crippen molar-refractivity contribution in [2.45, 2.75) is 25.6 Å². The topological polar surface area (TPSA) is 52.6 Å². The Morgan fingerprint density at radius 1 is 1.33 bits per heavy atom. The summed E-state index contributed by atoms with van der Waals surface area (Å²) in [4.78, 5) is 11.6. The van der Waals surface area contributed by atoms with Crippen molar-refractivity contribution in [3.63, 3.8) is 0 Å². The van der Waals surface area contributed by atoms with E-state index in [1.807, 2.05) is 30.3 Å². The molecule has 0 bridgehead atoms. The number of benzene rings is 1. The highest BCUT2D eigenvalue weighted by molar-refractivity contribution is 5.87. The summed E-state index contributed by atoms with van der Waals surface area (Å²) < 4.78 is 0. The Labute approximate surface area is 88.5 Å². The highest BCUT2D eigenvalue weighted by Gasteiger charge is 2.46. The molecular weight excluding hydrogens is 192 g/mol. The molecule has 0 aliphatic carbocycles. The van der Waals surface area contributed by atoms with Crippen LogP contribution in [0, 0.1) is 0 Å². The molecule has 2 rings (SSSR count). The molecular formula is C11H14N2O2. The zero-order valence-electron chi connectivity index (χ0n) is 8.77. The fourth-order valence-corrected chi connectivity index (χ4v) is 1.65. The van der Waals surface area contributed by atoms with Gasteiger partial charge in [0, 0.05) is 0 Å². The smallest absolute Gasteiger partial charge is 0.243 e.